The molecule has 3 nitrogen and oxygen atoms in total. The van der Waals surface area contributed by atoms with Gasteiger partial charge in [-0.25, -0.2) is 5.48 Å². The van der Waals surface area contributed by atoms with Crippen LogP contribution in [-0.2, 0) is 4.84 Å². The first-order valence-electron chi connectivity index (χ1n) is 3.26. The van der Waals surface area contributed by atoms with E-state index in [9.17, 15) is 0 Å². The van der Waals surface area contributed by atoms with Gasteiger partial charge in [-0.1, -0.05) is 13.8 Å². The first kappa shape index (κ1) is 8.88. The van der Waals surface area contributed by atoms with Crippen LogP contribution in [0, 0.1) is 0 Å². The Morgan fingerprint density at radius 2 is 2.00 bits per heavy atom. The summed E-state index contributed by atoms with van der Waals surface area (Å²) in [5.74, 6) is 0. The smallest absolute Gasteiger partial charge is 0.0572 e. The molecule has 0 saturated heterocycles. The lowest BCUT2D eigenvalue weighted by Gasteiger charge is -2.06. The van der Waals surface area contributed by atoms with Gasteiger partial charge in [0.1, 0.15) is 0 Å². The second kappa shape index (κ2) is 6.01. The lowest BCUT2D eigenvalue weighted by atomic mass is 10.4. The lowest BCUT2D eigenvalue weighted by Crippen LogP contribution is -2.31. The summed E-state index contributed by atoms with van der Waals surface area (Å²) >= 11 is 0. The van der Waals surface area contributed by atoms with Crippen molar-refractivity contribution < 1.29 is 4.84 Å². The predicted octanol–water partition coefficient (Wildman–Crippen LogP) is 0.135. The van der Waals surface area contributed by atoms with Crippen LogP contribution in [0.15, 0.2) is 0 Å². The zero-order valence-corrected chi connectivity index (χ0v) is 6.40. The molecule has 2 N–H and O–H groups in total. The fraction of sp³-hybridized carbons (Fsp3) is 1.00. The van der Waals surface area contributed by atoms with Crippen LogP contribution < -0.4 is 10.8 Å². The molecule has 0 saturated carbocycles. The topological polar surface area (TPSA) is 33.3 Å². The molecule has 9 heavy (non-hydrogen) atoms. The van der Waals surface area contributed by atoms with Gasteiger partial charge in [-0.05, 0) is 0 Å². The molecule has 0 aromatic heterocycles. The van der Waals surface area contributed by atoms with Gasteiger partial charge in [-0.3, -0.25) is 0 Å². The second-order valence-electron chi connectivity index (χ2n) is 2.21. The van der Waals surface area contributed by atoms with E-state index in [1.54, 1.807) is 7.11 Å². The predicted molar refractivity (Wildman–Crippen MR) is 38.2 cm³/mol. The Morgan fingerprint density at radius 3 is 2.44 bits per heavy atom. The second-order valence-corrected chi connectivity index (χ2v) is 2.21. The number of hydrogen-bond acceptors (Lipinski definition) is 3. The van der Waals surface area contributed by atoms with Gasteiger partial charge in [0.25, 0.3) is 0 Å². The summed E-state index contributed by atoms with van der Waals surface area (Å²) in [5.41, 5.74) is 2.74. The molecule has 0 aromatic rings. The van der Waals surface area contributed by atoms with Crippen molar-refractivity contribution in [3.05, 3.63) is 0 Å². The quantitative estimate of drug-likeness (QED) is 0.412. The van der Waals surface area contributed by atoms with Crippen LogP contribution in [0.3, 0.4) is 0 Å². The third-order valence-electron chi connectivity index (χ3n) is 0.924. The van der Waals surface area contributed by atoms with Gasteiger partial charge >= 0.3 is 0 Å². The molecule has 0 unspecified atom stereocenters. The summed E-state index contributed by atoms with van der Waals surface area (Å²) in [6, 6.07) is 0.559. The number of hydrogen-bond donors (Lipinski definition) is 2. The van der Waals surface area contributed by atoms with Gasteiger partial charge in [0, 0.05) is 19.1 Å². The molecule has 0 bridgehead atoms. The van der Waals surface area contributed by atoms with Gasteiger partial charge < -0.3 is 10.2 Å². The van der Waals surface area contributed by atoms with Crippen molar-refractivity contribution >= 4 is 0 Å². The van der Waals surface area contributed by atoms with E-state index in [1.807, 2.05) is 0 Å². The maximum atomic E-state index is 4.63. The number of nitrogens with one attached hydrogen (secondary N) is 2. The standard InChI is InChI=1S/C6H16N2O/c1-6(2)7-4-5-8-9-3/h6-8H,4-5H2,1-3H3. The first-order chi connectivity index (χ1) is 4.27. The molecule has 0 aliphatic rings. The van der Waals surface area contributed by atoms with Crippen LogP contribution in [0.1, 0.15) is 13.8 Å². The van der Waals surface area contributed by atoms with E-state index in [0.29, 0.717) is 6.04 Å². The largest absolute Gasteiger partial charge is 0.313 e. The highest BCUT2D eigenvalue weighted by Gasteiger charge is 1.88. The molecule has 0 atom stereocenters. The van der Waals surface area contributed by atoms with E-state index in [2.05, 4.69) is 29.5 Å². The molecule has 0 aliphatic heterocycles. The monoisotopic (exact) mass is 132 g/mol. The summed E-state index contributed by atoms with van der Waals surface area (Å²) < 4.78 is 0. The highest BCUT2D eigenvalue weighted by atomic mass is 16.6. The highest BCUT2D eigenvalue weighted by Crippen LogP contribution is 1.72. The third-order valence-corrected chi connectivity index (χ3v) is 0.924. The van der Waals surface area contributed by atoms with Crippen LogP contribution in [-0.4, -0.2) is 26.2 Å². The summed E-state index contributed by atoms with van der Waals surface area (Å²) in [5, 5.41) is 3.24. The Kier molecular flexibility index (Phi) is 5.93. The van der Waals surface area contributed by atoms with E-state index >= 15 is 0 Å². The van der Waals surface area contributed by atoms with Gasteiger partial charge in [-0.2, -0.15) is 0 Å². The molecular weight excluding hydrogens is 116 g/mol. The summed E-state index contributed by atoms with van der Waals surface area (Å²) in [6.07, 6.45) is 0. The van der Waals surface area contributed by atoms with E-state index in [4.69, 9.17) is 0 Å². The summed E-state index contributed by atoms with van der Waals surface area (Å²) in [7, 11) is 1.62. The van der Waals surface area contributed by atoms with Crippen LogP contribution in [0.4, 0.5) is 0 Å². The van der Waals surface area contributed by atoms with E-state index in [-0.39, 0.29) is 0 Å². The number of rotatable bonds is 5. The SMILES string of the molecule is CONCCNC(C)C. The fourth-order valence-electron chi connectivity index (χ4n) is 0.514. The summed E-state index contributed by atoms with van der Waals surface area (Å²) in [6.45, 7) is 6.04. The van der Waals surface area contributed by atoms with Gasteiger partial charge in [0.2, 0.25) is 0 Å². The third kappa shape index (κ3) is 7.88. The van der Waals surface area contributed by atoms with Crippen molar-refractivity contribution in [1.82, 2.24) is 10.8 Å². The zero-order valence-electron chi connectivity index (χ0n) is 6.40. The molecule has 0 amide bonds. The van der Waals surface area contributed by atoms with Crippen LogP contribution in [0.5, 0.6) is 0 Å². The van der Waals surface area contributed by atoms with Crippen LogP contribution in [0.2, 0.25) is 0 Å². The van der Waals surface area contributed by atoms with Crippen molar-refractivity contribution in [2.75, 3.05) is 20.2 Å². The minimum Gasteiger partial charge on any atom is -0.313 e. The Morgan fingerprint density at radius 1 is 1.33 bits per heavy atom. The van der Waals surface area contributed by atoms with Crippen LogP contribution >= 0.6 is 0 Å². The Bertz CT molecular complexity index is 57.0. The zero-order chi connectivity index (χ0) is 7.11. The summed E-state index contributed by atoms with van der Waals surface area (Å²) in [4.78, 5) is 4.63. The first-order valence-corrected chi connectivity index (χ1v) is 3.26. The van der Waals surface area contributed by atoms with Gasteiger partial charge in [0.05, 0.1) is 7.11 Å². The molecule has 0 aliphatic carbocycles. The van der Waals surface area contributed by atoms with Crippen LogP contribution in [0.25, 0.3) is 0 Å². The molecule has 0 spiro atoms. The van der Waals surface area contributed by atoms with E-state index < -0.39 is 0 Å². The maximum absolute atomic E-state index is 4.63. The van der Waals surface area contributed by atoms with Gasteiger partial charge in [-0.15, -0.1) is 0 Å². The van der Waals surface area contributed by atoms with Crippen molar-refractivity contribution in [1.29, 1.82) is 0 Å². The Hall–Kier alpha value is -0.120. The molecule has 0 rings (SSSR count). The van der Waals surface area contributed by atoms with E-state index in [1.165, 1.54) is 0 Å². The van der Waals surface area contributed by atoms with Gasteiger partial charge in [0.15, 0.2) is 0 Å². The molecule has 0 heterocycles. The minimum atomic E-state index is 0.559. The minimum absolute atomic E-state index is 0.559. The molecule has 0 fully saturated rings. The molecule has 0 radical (unpaired) electrons. The maximum Gasteiger partial charge on any atom is 0.0572 e. The highest BCUT2D eigenvalue weighted by molar-refractivity contribution is 4.51. The Balaban J connectivity index is 2.75. The molecular formula is C6H16N2O. The molecule has 0 aromatic carbocycles. The van der Waals surface area contributed by atoms with Crippen molar-refractivity contribution in [2.24, 2.45) is 0 Å². The van der Waals surface area contributed by atoms with Crippen molar-refractivity contribution in [3.8, 4) is 0 Å². The van der Waals surface area contributed by atoms with Crippen molar-refractivity contribution in [2.45, 2.75) is 19.9 Å². The average Bonchev–Trinajstić information content (AvgIpc) is 1.80. The normalized spacial score (nSPS) is 10.7. The molecule has 56 valence electrons. The van der Waals surface area contributed by atoms with E-state index in [0.717, 1.165) is 13.1 Å². The Labute approximate surface area is 56.7 Å². The average molecular weight is 132 g/mol. The fourth-order valence-corrected chi connectivity index (χ4v) is 0.514. The van der Waals surface area contributed by atoms with Crippen molar-refractivity contribution in [3.63, 3.8) is 0 Å². The number of hydroxylamine groups is 1. The molecule has 3 heteroatoms. The lowest BCUT2D eigenvalue weighted by molar-refractivity contribution is 0.0922.